The Labute approximate surface area is 503 Å². The number of phosphoric ester groups is 1. The molecule has 0 bridgehead atoms. The fourth-order valence-corrected chi connectivity index (χ4v) is 12.1. The van der Waals surface area contributed by atoms with E-state index in [2.05, 4.69) is 13.8 Å². The Morgan fingerprint density at radius 2 is 0.531 bits per heavy atom. The quantitative estimate of drug-likeness (QED) is 0.0305. The summed E-state index contributed by atoms with van der Waals surface area (Å²) in [5.74, 6) is -0.892. The maximum Gasteiger partial charge on any atom is 0.472 e. The number of hydrogen-bond acceptors (Lipinski definition) is 9. The summed E-state index contributed by atoms with van der Waals surface area (Å²) in [4.78, 5) is 35.5. The summed E-state index contributed by atoms with van der Waals surface area (Å²) in [7, 11) is -4.63. The van der Waals surface area contributed by atoms with Crippen LogP contribution in [-0.2, 0) is 32.7 Å². The molecule has 0 rings (SSSR count). The molecule has 484 valence electrons. The Morgan fingerprint density at radius 3 is 0.765 bits per heavy atom. The van der Waals surface area contributed by atoms with E-state index in [-0.39, 0.29) is 19.4 Å². The number of unbranched alkanes of at least 4 members (excludes halogenated alkanes) is 56. The fourth-order valence-electron chi connectivity index (χ4n) is 11.3. The maximum atomic E-state index is 12.8. The zero-order chi connectivity index (χ0) is 58.9. The van der Waals surface area contributed by atoms with Gasteiger partial charge in [-0.05, 0) is 12.8 Å². The van der Waals surface area contributed by atoms with Gasteiger partial charge in [0.05, 0.1) is 19.8 Å². The van der Waals surface area contributed by atoms with Gasteiger partial charge in [0.25, 0.3) is 0 Å². The molecule has 0 saturated carbocycles. The number of aliphatic hydroxyl groups excluding tert-OH is 2. The molecule has 0 heterocycles. The lowest BCUT2D eigenvalue weighted by molar-refractivity contribution is -0.161. The van der Waals surface area contributed by atoms with Crippen LogP contribution < -0.4 is 0 Å². The molecule has 1 unspecified atom stereocenters. The first-order valence-corrected chi connectivity index (χ1v) is 37.5. The summed E-state index contributed by atoms with van der Waals surface area (Å²) in [5.41, 5.74) is 0. The number of aliphatic hydroxyl groups is 2. The van der Waals surface area contributed by atoms with E-state index in [4.69, 9.17) is 23.6 Å². The first-order valence-electron chi connectivity index (χ1n) is 36.0. The van der Waals surface area contributed by atoms with Crippen LogP contribution in [0.25, 0.3) is 0 Å². The van der Waals surface area contributed by atoms with E-state index >= 15 is 0 Å². The number of hydrogen-bond donors (Lipinski definition) is 3. The van der Waals surface area contributed by atoms with E-state index in [1.807, 2.05) is 0 Å². The van der Waals surface area contributed by atoms with Crippen LogP contribution in [0.1, 0.15) is 399 Å². The number of rotatable bonds is 70. The van der Waals surface area contributed by atoms with E-state index in [0.717, 1.165) is 32.1 Å². The Morgan fingerprint density at radius 1 is 0.321 bits per heavy atom. The second kappa shape index (κ2) is 66.5. The van der Waals surface area contributed by atoms with Gasteiger partial charge < -0.3 is 24.6 Å². The number of carbonyl (C=O) groups excluding carboxylic acids is 2. The van der Waals surface area contributed by atoms with Gasteiger partial charge >= 0.3 is 19.8 Å². The van der Waals surface area contributed by atoms with Gasteiger partial charge in [0.1, 0.15) is 12.7 Å². The van der Waals surface area contributed by atoms with Crippen LogP contribution >= 0.6 is 7.82 Å². The SMILES string of the molecule is CCCCCCCCCCCCCCCCCCCCCCCCCCCCCCCC(=O)OC[C@H](COP(=O)(O)OC[C@@H](O)CO)OC(=O)CCCCCCCCCCCCCCCCCCCCCCCCCCCCCCC. The van der Waals surface area contributed by atoms with Gasteiger partial charge in [0.15, 0.2) is 6.10 Å². The number of phosphoric acid groups is 1. The summed E-state index contributed by atoms with van der Waals surface area (Å²) in [6.45, 7) is 2.51. The van der Waals surface area contributed by atoms with E-state index in [9.17, 15) is 24.2 Å². The average molecular weight is 1170 g/mol. The van der Waals surface area contributed by atoms with Crippen molar-refractivity contribution < 1.29 is 47.8 Å². The molecular weight excluding hydrogens is 1030 g/mol. The van der Waals surface area contributed by atoms with Gasteiger partial charge in [-0.2, -0.15) is 0 Å². The normalized spacial score (nSPS) is 13.2. The first kappa shape index (κ1) is 80.0. The minimum Gasteiger partial charge on any atom is -0.462 e. The molecule has 11 heteroatoms. The smallest absolute Gasteiger partial charge is 0.462 e. The molecular formula is C70H139O10P. The van der Waals surface area contributed by atoms with Crippen molar-refractivity contribution in [2.24, 2.45) is 0 Å². The monoisotopic (exact) mass is 1170 g/mol. The lowest BCUT2D eigenvalue weighted by atomic mass is 10.0. The summed E-state index contributed by atoms with van der Waals surface area (Å²) in [6, 6.07) is 0. The van der Waals surface area contributed by atoms with Crippen LogP contribution in [0, 0.1) is 0 Å². The standard InChI is InChI=1S/C70H139O10P/c1-3-5-7-9-11-13-15-17-19-21-23-25-27-29-31-33-35-37-39-41-43-45-47-49-51-53-55-57-59-61-69(73)77-65-68(66-79-81(75,76)78-64-67(72)63-71)80-70(74)62-60-58-56-54-52-50-48-46-44-42-40-38-36-34-32-30-28-26-24-22-20-18-16-14-12-10-8-6-4-2/h67-68,71-72H,3-66H2,1-2H3,(H,75,76)/t67-,68+/m0/s1. The second-order valence-corrected chi connectivity index (χ2v) is 26.4. The van der Waals surface area contributed by atoms with E-state index in [0.29, 0.717) is 12.8 Å². The molecule has 0 spiro atoms. The van der Waals surface area contributed by atoms with Gasteiger partial charge in [-0.25, -0.2) is 4.57 Å². The molecule has 10 nitrogen and oxygen atoms in total. The van der Waals surface area contributed by atoms with Crippen molar-refractivity contribution in [3.05, 3.63) is 0 Å². The molecule has 3 N–H and O–H groups in total. The molecule has 0 radical (unpaired) electrons. The first-order chi connectivity index (χ1) is 39.7. The van der Waals surface area contributed by atoms with E-state index < -0.39 is 51.8 Å². The van der Waals surface area contributed by atoms with Gasteiger partial charge in [-0.3, -0.25) is 18.6 Å². The predicted octanol–water partition coefficient (Wildman–Crippen LogP) is 22.4. The van der Waals surface area contributed by atoms with Gasteiger partial charge in [0, 0.05) is 12.8 Å². The Kier molecular flexibility index (Phi) is 65.6. The van der Waals surface area contributed by atoms with Crippen LogP contribution in [0.4, 0.5) is 0 Å². The van der Waals surface area contributed by atoms with Crippen molar-refractivity contribution in [3.8, 4) is 0 Å². The van der Waals surface area contributed by atoms with Gasteiger partial charge in [0.2, 0.25) is 0 Å². The van der Waals surface area contributed by atoms with E-state index in [1.165, 1.54) is 327 Å². The molecule has 81 heavy (non-hydrogen) atoms. The average Bonchev–Trinajstić information content (AvgIpc) is 3.46. The maximum absolute atomic E-state index is 12.8. The van der Waals surface area contributed by atoms with Crippen molar-refractivity contribution in [3.63, 3.8) is 0 Å². The van der Waals surface area contributed by atoms with Crippen LogP contribution in [0.5, 0.6) is 0 Å². The Balaban J connectivity index is 3.90. The van der Waals surface area contributed by atoms with Gasteiger partial charge in [-0.15, -0.1) is 0 Å². The van der Waals surface area contributed by atoms with E-state index in [1.54, 1.807) is 0 Å². The highest BCUT2D eigenvalue weighted by Crippen LogP contribution is 2.43. The second-order valence-electron chi connectivity index (χ2n) is 25.0. The molecule has 0 aliphatic heterocycles. The lowest BCUT2D eigenvalue weighted by Gasteiger charge is -2.20. The lowest BCUT2D eigenvalue weighted by Crippen LogP contribution is -2.29. The summed E-state index contributed by atoms with van der Waals surface area (Å²) < 4.78 is 33.2. The molecule has 0 fully saturated rings. The fraction of sp³-hybridized carbons (Fsp3) is 0.971. The molecule has 0 aliphatic rings. The molecule has 0 aromatic rings. The molecule has 0 aromatic carbocycles. The van der Waals surface area contributed by atoms with Gasteiger partial charge in [-0.1, -0.05) is 373 Å². The highest BCUT2D eigenvalue weighted by molar-refractivity contribution is 7.47. The number of ether oxygens (including phenoxy) is 2. The van der Waals surface area contributed by atoms with Crippen molar-refractivity contribution >= 4 is 19.8 Å². The largest absolute Gasteiger partial charge is 0.472 e. The van der Waals surface area contributed by atoms with Crippen LogP contribution in [0.15, 0.2) is 0 Å². The topological polar surface area (TPSA) is 149 Å². The molecule has 0 aliphatic carbocycles. The van der Waals surface area contributed by atoms with Crippen molar-refractivity contribution in [1.82, 2.24) is 0 Å². The number of carbonyl (C=O) groups is 2. The summed E-state index contributed by atoms with van der Waals surface area (Å²) in [5, 5.41) is 18.5. The minimum absolute atomic E-state index is 0.194. The highest BCUT2D eigenvalue weighted by Gasteiger charge is 2.27. The Hall–Kier alpha value is -1.03. The third-order valence-corrected chi connectivity index (χ3v) is 17.7. The zero-order valence-corrected chi connectivity index (χ0v) is 55.0. The minimum atomic E-state index is -4.63. The molecule has 0 saturated heterocycles. The predicted molar refractivity (Wildman–Crippen MR) is 344 cm³/mol. The van der Waals surface area contributed by atoms with Crippen LogP contribution in [0.2, 0.25) is 0 Å². The third kappa shape index (κ3) is 66.4. The van der Waals surface area contributed by atoms with Crippen molar-refractivity contribution in [2.45, 2.75) is 411 Å². The summed E-state index contributed by atoms with van der Waals surface area (Å²) in [6.07, 6.45) is 75.6. The van der Waals surface area contributed by atoms with Crippen LogP contribution in [-0.4, -0.2) is 65.7 Å². The van der Waals surface area contributed by atoms with Crippen molar-refractivity contribution in [2.75, 3.05) is 26.4 Å². The summed E-state index contributed by atoms with van der Waals surface area (Å²) >= 11 is 0. The molecule has 3 atom stereocenters. The molecule has 0 aromatic heterocycles. The highest BCUT2D eigenvalue weighted by atomic mass is 31.2. The Bertz CT molecular complexity index is 1300. The molecule has 0 amide bonds. The zero-order valence-electron chi connectivity index (χ0n) is 54.1. The van der Waals surface area contributed by atoms with Crippen LogP contribution in [0.3, 0.4) is 0 Å². The number of esters is 2. The third-order valence-electron chi connectivity index (χ3n) is 16.8. The van der Waals surface area contributed by atoms with Crippen molar-refractivity contribution in [1.29, 1.82) is 0 Å².